The van der Waals surface area contributed by atoms with E-state index in [0.29, 0.717) is 0 Å². The highest BCUT2D eigenvalue weighted by Crippen LogP contribution is 2.29. The van der Waals surface area contributed by atoms with E-state index in [1.165, 1.54) is 25.3 Å². The van der Waals surface area contributed by atoms with Crippen molar-refractivity contribution >= 4 is 29.3 Å². The first-order chi connectivity index (χ1) is 15.2. The Labute approximate surface area is 185 Å². The van der Waals surface area contributed by atoms with Crippen LogP contribution in [0.2, 0.25) is 0 Å². The summed E-state index contributed by atoms with van der Waals surface area (Å²) >= 11 is 0. The summed E-state index contributed by atoms with van der Waals surface area (Å²) in [6.45, 7) is 6.09. The van der Waals surface area contributed by atoms with Crippen molar-refractivity contribution in [1.82, 2.24) is 4.57 Å². The van der Waals surface area contributed by atoms with Gasteiger partial charge in [-0.05, 0) is 44.0 Å². The number of nitriles is 1. The first-order valence-electron chi connectivity index (χ1n) is 9.79. The van der Waals surface area contributed by atoms with Crippen molar-refractivity contribution in [3.05, 3.63) is 56.9 Å². The lowest BCUT2D eigenvalue weighted by Gasteiger charge is -2.10. The van der Waals surface area contributed by atoms with Gasteiger partial charge in [-0.3, -0.25) is 14.9 Å². The van der Waals surface area contributed by atoms with Crippen LogP contribution in [0.25, 0.3) is 6.08 Å². The van der Waals surface area contributed by atoms with E-state index >= 15 is 0 Å². The van der Waals surface area contributed by atoms with Gasteiger partial charge in [-0.25, -0.2) is 4.79 Å². The molecule has 0 atom stereocenters. The fourth-order valence-electron chi connectivity index (χ4n) is 3.13. The molecule has 0 fully saturated rings. The maximum Gasteiger partial charge on any atom is 0.349 e. The molecule has 2 rings (SSSR count). The topological polar surface area (TPSA) is 136 Å². The van der Waals surface area contributed by atoms with Crippen molar-refractivity contribution in [1.29, 1.82) is 5.26 Å². The number of carbonyl (C=O) groups is 2. The van der Waals surface area contributed by atoms with Gasteiger partial charge >= 0.3 is 5.97 Å². The van der Waals surface area contributed by atoms with Gasteiger partial charge in [-0.2, -0.15) is 5.26 Å². The molecule has 10 nitrogen and oxygen atoms in total. The molecule has 0 bridgehead atoms. The van der Waals surface area contributed by atoms with E-state index < -0.39 is 23.4 Å². The van der Waals surface area contributed by atoms with E-state index in [2.05, 4.69) is 16.8 Å². The summed E-state index contributed by atoms with van der Waals surface area (Å²) in [5.41, 5.74) is 2.41. The summed E-state index contributed by atoms with van der Waals surface area (Å²) in [6, 6.07) is 7.36. The van der Waals surface area contributed by atoms with Crippen LogP contribution >= 0.6 is 0 Å². The average molecular weight is 440 g/mol. The predicted molar refractivity (Wildman–Crippen MR) is 117 cm³/mol. The molecule has 1 aromatic carbocycles. The number of nitro groups is 1. The van der Waals surface area contributed by atoms with Gasteiger partial charge in [0.05, 0.1) is 23.8 Å². The molecule has 0 radical (unpaired) electrons. The Kier molecular flexibility index (Phi) is 8.12. The molecular formula is C22H24N4O6. The molecular weight excluding hydrogens is 416 g/mol. The van der Waals surface area contributed by atoms with Crippen LogP contribution < -0.4 is 10.1 Å². The average Bonchev–Trinajstić information content (AvgIpc) is 3.03. The summed E-state index contributed by atoms with van der Waals surface area (Å²) in [5.74, 6) is -1.54. The molecule has 0 aliphatic rings. The van der Waals surface area contributed by atoms with Crippen LogP contribution in [0.15, 0.2) is 29.8 Å². The smallest absolute Gasteiger partial charge is 0.349 e. The second kappa shape index (κ2) is 10.8. The van der Waals surface area contributed by atoms with Gasteiger partial charge in [0.2, 0.25) is 0 Å². The SMILES string of the molecule is CCCn1c(C)cc(/C=C(\C#N)C(=O)OCC(=O)Nc2ccc([N+](=O)[O-])cc2OC)c1C. The number of esters is 1. The largest absolute Gasteiger partial charge is 0.494 e. The fourth-order valence-corrected chi connectivity index (χ4v) is 3.13. The summed E-state index contributed by atoms with van der Waals surface area (Å²) in [6.07, 6.45) is 2.38. The van der Waals surface area contributed by atoms with Gasteiger partial charge in [0.1, 0.15) is 17.4 Å². The number of ether oxygens (including phenoxy) is 2. The van der Waals surface area contributed by atoms with Gasteiger partial charge in [-0.1, -0.05) is 6.92 Å². The number of nitrogens with one attached hydrogen (secondary N) is 1. The van der Waals surface area contributed by atoms with Crippen LogP contribution in [0, 0.1) is 35.3 Å². The lowest BCUT2D eigenvalue weighted by atomic mass is 10.1. The zero-order valence-corrected chi connectivity index (χ0v) is 18.3. The molecule has 0 unspecified atom stereocenters. The van der Waals surface area contributed by atoms with E-state index in [0.717, 1.165) is 36.0 Å². The third-order valence-corrected chi connectivity index (χ3v) is 4.70. The zero-order chi connectivity index (χ0) is 23.8. The number of aromatic nitrogens is 1. The minimum Gasteiger partial charge on any atom is -0.494 e. The molecule has 1 aromatic heterocycles. The Hall–Kier alpha value is -4.13. The van der Waals surface area contributed by atoms with Crippen molar-refractivity contribution < 1.29 is 24.0 Å². The van der Waals surface area contributed by atoms with Gasteiger partial charge in [0, 0.05) is 24.0 Å². The summed E-state index contributed by atoms with van der Waals surface area (Å²) < 4.78 is 12.1. The Morgan fingerprint density at radius 3 is 2.62 bits per heavy atom. The minimum absolute atomic E-state index is 0.0823. The number of nitro benzene ring substituents is 1. The second-order valence-corrected chi connectivity index (χ2v) is 6.91. The molecule has 10 heteroatoms. The number of amides is 1. The monoisotopic (exact) mass is 440 g/mol. The van der Waals surface area contributed by atoms with Gasteiger partial charge < -0.3 is 19.4 Å². The molecule has 0 saturated heterocycles. The molecule has 0 saturated carbocycles. The van der Waals surface area contributed by atoms with Crippen LogP contribution in [0.1, 0.15) is 30.3 Å². The molecule has 0 spiro atoms. The van der Waals surface area contributed by atoms with Crippen molar-refractivity contribution in [2.24, 2.45) is 0 Å². The number of benzene rings is 1. The Morgan fingerprint density at radius 1 is 1.31 bits per heavy atom. The lowest BCUT2D eigenvalue weighted by Crippen LogP contribution is -2.21. The second-order valence-electron chi connectivity index (χ2n) is 6.91. The summed E-state index contributed by atoms with van der Waals surface area (Å²) in [7, 11) is 1.30. The first-order valence-corrected chi connectivity index (χ1v) is 9.79. The number of anilines is 1. The highest BCUT2D eigenvalue weighted by molar-refractivity contribution is 6.00. The van der Waals surface area contributed by atoms with Crippen LogP contribution in [0.4, 0.5) is 11.4 Å². The molecule has 168 valence electrons. The number of hydrogen-bond acceptors (Lipinski definition) is 7. The van der Waals surface area contributed by atoms with E-state index in [1.807, 2.05) is 26.0 Å². The third-order valence-electron chi connectivity index (χ3n) is 4.70. The third kappa shape index (κ3) is 5.72. The predicted octanol–water partition coefficient (Wildman–Crippen LogP) is 3.52. The Morgan fingerprint density at radius 2 is 2.03 bits per heavy atom. The number of nitrogens with zero attached hydrogens (tertiary/aromatic N) is 3. The molecule has 0 aliphatic carbocycles. The highest BCUT2D eigenvalue weighted by atomic mass is 16.6. The number of aryl methyl sites for hydroxylation is 1. The van der Waals surface area contributed by atoms with Crippen LogP contribution in [0.3, 0.4) is 0 Å². The number of methoxy groups -OCH3 is 1. The Bertz CT molecular complexity index is 1110. The number of non-ortho nitro benzene ring substituents is 1. The zero-order valence-electron chi connectivity index (χ0n) is 18.3. The van der Waals surface area contributed by atoms with Crippen molar-refractivity contribution in [3.8, 4) is 11.8 Å². The van der Waals surface area contributed by atoms with Crippen LogP contribution in [-0.2, 0) is 20.9 Å². The van der Waals surface area contributed by atoms with E-state index in [4.69, 9.17) is 9.47 Å². The molecule has 2 aromatic rings. The fraction of sp³-hybridized carbons (Fsp3) is 0.318. The highest BCUT2D eigenvalue weighted by Gasteiger charge is 2.17. The minimum atomic E-state index is -0.932. The lowest BCUT2D eigenvalue weighted by molar-refractivity contribution is -0.384. The van der Waals surface area contributed by atoms with Gasteiger partial charge in [-0.15, -0.1) is 0 Å². The van der Waals surface area contributed by atoms with Gasteiger partial charge in [0.25, 0.3) is 11.6 Å². The van der Waals surface area contributed by atoms with E-state index in [-0.39, 0.29) is 22.7 Å². The molecule has 1 heterocycles. The summed E-state index contributed by atoms with van der Waals surface area (Å²) in [4.78, 5) is 34.7. The molecule has 1 amide bonds. The van der Waals surface area contributed by atoms with Crippen LogP contribution in [-0.4, -0.2) is 35.1 Å². The molecule has 0 aliphatic heterocycles. The van der Waals surface area contributed by atoms with Crippen molar-refractivity contribution in [3.63, 3.8) is 0 Å². The summed E-state index contributed by atoms with van der Waals surface area (Å²) in [5, 5.41) is 22.7. The number of carbonyl (C=O) groups excluding carboxylic acids is 2. The molecule has 1 N–H and O–H groups in total. The normalized spacial score (nSPS) is 10.9. The van der Waals surface area contributed by atoms with Gasteiger partial charge in [0.15, 0.2) is 6.61 Å². The standard InChI is InChI=1S/C22H24N4O6/c1-5-8-25-14(2)9-16(15(25)3)10-17(12-23)22(28)32-13-21(27)24-19-7-6-18(26(29)30)11-20(19)31-4/h6-7,9-11H,5,8,13H2,1-4H3,(H,24,27)/b17-10+. The van der Waals surface area contributed by atoms with E-state index in [1.54, 1.807) is 0 Å². The van der Waals surface area contributed by atoms with Crippen molar-refractivity contribution in [2.75, 3.05) is 19.0 Å². The Balaban J connectivity index is 2.07. The number of hydrogen-bond donors (Lipinski definition) is 1. The van der Waals surface area contributed by atoms with E-state index in [9.17, 15) is 25.0 Å². The van der Waals surface area contributed by atoms with Crippen molar-refractivity contribution in [2.45, 2.75) is 33.7 Å². The molecule has 32 heavy (non-hydrogen) atoms. The quantitative estimate of drug-likeness (QED) is 0.207. The number of rotatable bonds is 9. The maximum atomic E-state index is 12.3. The maximum absolute atomic E-state index is 12.3. The van der Waals surface area contributed by atoms with Crippen LogP contribution in [0.5, 0.6) is 5.75 Å². The first kappa shape index (κ1) is 24.1.